The zero-order valence-corrected chi connectivity index (χ0v) is 6.52. The zero-order chi connectivity index (χ0) is 7.11. The van der Waals surface area contributed by atoms with E-state index >= 15 is 0 Å². The lowest BCUT2D eigenvalue weighted by Crippen LogP contribution is -1.71. The highest BCUT2D eigenvalue weighted by Crippen LogP contribution is 1.94. The highest BCUT2D eigenvalue weighted by molar-refractivity contribution is 5.58. The van der Waals surface area contributed by atoms with Crippen LogP contribution in [0.15, 0.2) is 16.8 Å². The fraction of sp³-hybridized carbons (Fsp3) is 0.625. The van der Waals surface area contributed by atoms with Gasteiger partial charge >= 0.3 is 0 Å². The van der Waals surface area contributed by atoms with Gasteiger partial charge in [-0.15, -0.1) is 0 Å². The lowest BCUT2D eigenvalue weighted by Gasteiger charge is -1.87. The van der Waals surface area contributed by atoms with Gasteiger partial charge in [0.25, 0.3) is 0 Å². The SMILES string of the molecule is CCC=N/C(C)=C\CC. The van der Waals surface area contributed by atoms with Gasteiger partial charge in [-0.1, -0.05) is 19.9 Å². The first kappa shape index (κ1) is 8.41. The van der Waals surface area contributed by atoms with Gasteiger partial charge in [-0.05, 0) is 19.8 Å². The molecule has 0 rings (SSSR count). The Kier molecular flexibility index (Phi) is 5.18. The highest BCUT2D eigenvalue weighted by atomic mass is 14.7. The molecular weight excluding hydrogens is 110 g/mol. The van der Waals surface area contributed by atoms with Crippen molar-refractivity contribution in [1.82, 2.24) is 0 Å². The molecule has 0 spiro atoms. The van der Waals surface area contributed by atoms with E-state index in [4.69, 9.17) is 0 Å². The molecule has 0 fully saturated rings. The van der Waals surface area contributed by atoms with Gasteiger partial charge in [-0.3, -0.25) is 4.99 Å². The van der Waals surface area contributed by atoms with Gasteiger partial charge < -0.3 is 0 Å². The summed E-state index contributed by atoms with van der Waals surface area (Å²) >= 11 is 0. The van der Waals surface area contributed by atoms with Crippen LogP contribution in [0, 0.1) is 0 Å². The van der Waals surface area contributed by atoms with E-state index in [2.05, 4.69) is 24.9 Å². The molecule has 0 aromatic heterocycles. The molecule has 0 saturated carbocycles. The Bertz CT molecular complexity index is 112. The fourth-order valence-electron chi connectivity index (χ4n) is 0.583. The molecule has 1 heteroatoms. The van der Waals surface area contributed by atoms with Crippen molar-refractivity contribution < 1.29 is 0 Å². The average molecular weight is 125 g/mol. The molecule has 0 N–H and O–H groups in total. The molecule has 0 radical (unpaired) electrons. The maximum absolute atomic E-state index is 4.17. The quantitative estimate of drug-likeness (QED) is 0.514. The molecule has 0 aliphatic carbocycles. The smallest absolute Gasteiger partial charge is 0.0328 e. The van der Waals surface area contributed by atoms with Crippen molar-refractivity contribution in [3.63, 3.8) is 0 Å². The van der Waals surface area contributed by atoms with Crippen molar-refractivity contribution in [1.29, 1.82) is 0 Å². The first-order chi connectivity index (χ1) is 4.31. The second kappa shape index (κ2) is 5.54. The van der Waals surface area contributed by atoms with E-state index in [0.29, 0.717) is 0 Å². The van der Waals surface area contributed by atoms with Gasteiger partial charge in [0.2, 0.25) is 0 Å². The predicted octanol–water partition coefficient (Wildman–Crippen LogP) is 2.78. The van der Waals surface area contributed by atoms with E-state index < -0.39 is 0 Å². The standard InChI is InChI=1S/C8H15N/c1-4-6-8(3)9-7-5-2/h6-7H,4-5H2,1-3H3/b8-6-,9-7?. The minimum Gasteiger partial charge on any atom is -0.266 e. The van der Waals surface area contributed by atoms with Crippen LogP contribution in [0.25, 0.3) is 0 Å². The Balaban J connectivity index is 3.60. The van der Waals surface area contributed by atoms with Crippen LogP contribution in [-0.4, -0.2) is 6.21 Å². The van der Waals surface area contributed by atoms with E-state index in [0.717, 1.165) is 18.5 Å². The third-order valence-electron chi connectivity index (χ3n) is 0.977. The third kappa shape index (κ3) is 5.28. The van der Waals surface area contributed by atoms with Gasteiger partial charge in [-0.25, -0.2) is 0 Å². The maximum atomic E-state index is 4.17. The lowest BCUT2D eigenvalue weighted by molar-refractivity contribution is 1.15. The molecule has 1 nitrogen and oxygen atoms in total. The number of hydrogen-bond donors (Lipinski definition) is 0. The van der Waals surface area contributed by atoms with Crippen molar-refractivity contribution in [2.75, 3.05) is 0 Å². The molecule has 0 aromatic carbocycles. The second-order valence-corrected chi connectivity index (χ2v) is 1.97. The summed E-state index contributed by atoms with van der Waals surface area (Å²) in [6.45, 7) is 6.23. The van der Waals surface area contributed by atoms with Crippen LogP contribution in [0.1, 0.15) is 33.6 Å². The van der Waals surface area contributed by atoms with E-state index in [1.165, 1.54) is 0 Å². The number of allylic oxidation sites excluding steroid dienone is 2. The van der Waals surface area contributed by atoms with Crippen molar-refractivity contribution in [2.24, 2.45) is 4.99 Å². The number of hydrogen-bond acceptors (Lipinski definition) is 1. The number of rotatable bonds is 3. The van der Waals surface area contributed by atoms with Crippen molar-refractivity contribution in [3.8, 4) is 0 Å². The Labute approximate surface area is 57.5 Å². The summed E-state index contributed by atoms with van der Waals surface area (Å²) in [6, 6.07) is 0. The van der Waals surface area contributed by atoms with Crippen molar-refractivity contribution in [3.05, 3.63) is 11.8 Å². The van der Waals surface area contributed by atoms with Crippen LogP contribution >= 0.6 is 0 Å². The Morgan fingerprint density at radius 1 is 1.33 bits per heavy atom. The topological polar surface area (TPSA) is 12.4 Å². The van der Waals surface area contributed by atoms with Gasteiger partial charge in [0.1, 0.15) is 0 Å². The minimum atomic E-state index is 1.02. The molecule has 0 unspecified atom stereocenters. The van der Waals surface area contributed by atoms with Gasteiger partial charge in [0.05, 0.1) is 0 Å². The average Bonchev–Trinajstić information content (AvgIpc) is 1.85. The molecule has 0 saturated heterocycles. The molecule has 0 amide bonds. The van der Waals surface area contributed by atoms with Crippen LogP contribution in [0.2, 0.25) is 0 Å². The minimum absolute atomic E-state index is 1.02. The largest absolute Gasteiger partial charge is 0.266 e. The Hall–Kier alpha value is -0.590. The summed E-state index contributed by atoms with van der Waals surface area (Å²) in [4.78, 5) is 4.17. The molecule has 0 aliphatic rings. The zero-order valence-electron chi connectivity index (χ0n) is 6.52. The molecule has 9 heavy (non-hydrogen) atoms. The number of nitrogens with zero attached hydrogens (tertiary/aromatic N) is 1. The first-order valence-corrected chi connectivity index (χ1v) is 3.50. The van der Waals surface area contributed by atoms with E-state index in [1.54, 1.807) is 0 Å². The molecule has 0 aromatic rings. The van der Waals surface area contributed by atoms with Crippen LogP contribution < -0.4 is 0 Å². The van der Waals surface area contributed by atoms with Crippen molar-refractivity contribution >= 4 is 6.21 Å². The van der Waals surface area contributed by atoms with Gasteiger partial charge in [0.15, 0.2) is 0 Å². The molecular formula is C8H15N. The molecule has 0 heterocycles. The number of aliphatic imine (C=N–C) groups is 1. The maximum Gasteiger partial charge on any atom is 0.0328 e. The highest BCUT2D eigenvalue weighted by Gasteiger charge is 1.76. The van der Waals surface area contributed by atoms with Gasteiger partial charge in [0, 0.05) is 11.9 Å². The summed E-state index contributed by atoms with van der Waals surface area (Å²) in [5.74, 6) is 0. The van der Waals surface area contributed by atoms with Crippen molar-refractivity contribution in [2.45, 2.75) is 33.6 Å². The summed E-state index contributed by atoms with van der Waals surface area (Å²) in [5, 5.41) is 0. The summed E-state index contributed by atoms with van der Waals surface area (Å²) < 4.78 is 0. The van der Waals surface area contributed by atoms with E-state index in [9.17, 15) is 0 Å². The summed E-state index contributed by atoms with van der Waals surface area (Å²) in [6.07, 6.45) is 6.15. The Morgan fingerprint density at radius 2 is 2.00 bits per heavy atom. The normalized spacial score (nSPS) is 13.0. The summed E-state index contributed by atoms with van der Waals surface area (Å²) in [5.41, 5.74) is 1.12. The monoisotopic (exact) mass is 125 g/mol. The fourth-order valence-corrected chi connectivity index (χ4v) is 0.583. The molecule has 0 bridgehead atoms. The van der Waals surface area contributed by atoms with E-state index in [1.807, 2.05) is 13.1 Å². The molecule has 52 valence electrons. The summed E-state index contributed by atoms with van der Waals surface area (Å²) in [7, 11) is 0. The second-order valence-electron chi connectivity index (χ2n) is 1.97. The van der Waals surface area contributed by atoms with Crippen LogP contribution in [-0.2, 0) is 0 Å². The first-order valence-electron chi connectivity index (χ1n) is 3.50. The predicted molar refractivity (Wildman–Crippen MR) is 42.8 cm³/mol. The van der Waals surface area contributed by atoms with E-state index in [-0.39, 0.29) is 0 Å². The van der Waals surface area contributed by atoms with Crippen LogP contribution in [0.4, 0.5) is 0 Å². The van der Waals surface area contributed by atoms with Crippen LogP contribution in [0.5, 0.6) is 0 Å². The van der Waals surface area contributed by atoms with Gasteiger partial charge in [-0.2, -0.15) is 0 Å². The molecule has 0 aliphatic heterocycles. The Morgan fingerprint density at radius 3 is 2.44 bits per heavy atom. The molecule has 0 atom stereocenters. The lowest BCUT2D eigenvalue weighted by atomic mass is 10.4. The van der Waals surface area contributed by atoms with Crippen LogP contribution in [0.3, 0.4) is 0 Å². The third-order valence-corrected chi connectivity index (χ3v) is 0.977.